The molecular formula is C19H18N2O2. The SMILES string of the molecule is CCOC(=O)c1ccc(Nc2cc(C)nc3ccccc23)cc1. The lowest BCUT2D eigenvalue weighted by Gasteiger charge is -2.11. The molecule has 0 fully saturated rings. The molecule has 0 amide bonds. The Labute approximate surface area is 135 Å². The van der Waals surface area contributed by atoms with Gasteiger partial charge in [-0.15, -0.1) is 0 Å². The monoisotopic (exact) mass is 306 g/mol. The van der Waals surface area contributed by atoms with E-state index in [-0.39, 0.29) is 5.97 Å². The molecule has 1 heterocycles. The van der Waals surface area contributed by atoms with E-state index in [4.69, 9.17) is 4.74 Å². The largest absolute Gasteiger partial charge is 0.462 e. The summed E-state index contributed by atoms with van der Waals surface area (Å²) in [5, 5.41) is 4.46. The number of aromatic nitrogens is 1. The molecule has 4 heteroatoms. The topological polar surface area (TPSA) is 51.2 Å². The molecule has 0 saturated carbocycles. The van der Waals surface area contributed by atoms with Crippen molar-refractivity contribution in [2.24, 2.45) is 0 Å². The van der Waals surface area contributed by atoms with E-state index in [1.807, 2.05) is 49.4 Å². The molecule has 1 N–H and O–H groups in total. The molecule has 1 aromatic heterocycles. The van der Waals surface area contributed by atoms with Crippen molar-refractivity contribution in [3.05, 3.63) is 65.9 Å². The van der Waals surface area contributed by atoms with Gasteiger partial charge < -0.3 is 10.1 Å². The van der Waals surface area contributed by atoms with Crippen LogP contribution in [0.3, 0.4) is 0 Å². The van der Waals surface area contributed by atoms with Crippen molar-refractivity contribution in [2.75, 3.05) is 11.9 Å². The maximum absolute atomic E-state index is 11.7. The Morgan fingerprint density at radius 1 is 1.13 bits per heavy atom. The highest BCUT2D eigenvalue weighted by molar-refractivity contribution is 5.94. The highest BCUT2D eigenvalue weighted by Gasteiger charge is 2.07. The van der Waals surface area contributed by atoms with Crippen molar-refractivity contribution in [2.45, 2.75) is 13.8 Å². The maximum atomic E-state index is 11.7. The van der Waals surface area contributed by atoms with Gasteiger partial charge in [-0.1, -0.05) is 18.2 Å². The predicted octanol–water partition coefficient (Wildman–Crippen LogP) is 4.46. The summed E-state index contributed by atoms with van der Waals surface area (Å²) >= 11 is 0. The van der Waals surface area contributed by atoms with Crippen LogP contribution in [-0.4, -0.2) is 17.6 Å². The normalized spacial score (nSPS) is 10.5. The minimum absolute atomic E-state index is 0.302. The van der Waals surface area contributed by atoms with Gasteiger partial charge in [-0.2, -0.15) is 0 Å². The Morgan fingerprint density at radius 3 is 2.61 bits per heavy atom. The first-order valence-corrected chi connectivity index (χ1v) is 7.58. The van der Waals surface area contributed by atoms with Crippen LogP contribution < -0.4 is 5.32 Å². The minimum Gasteiger partial charge on any atom is -0.462 e. The van der Waals surface area contributed by atoms with E-state index in [1.165, 1.54) is 0 Å². The highest BCUT2D eigenvalue weighted by atomic mass is 16.5. The van der Waals surface area contributed by atoms with Gasteiger partial charge in [0, 0.05) is 22.5 Å². The molecule has 0 bridgehead atoms. The third-order valence-corrected chi connectivity index (χ3v) is 3.52. The third-order valence-electron chi connectivity index (χ3n) is 3.52. The molecule has 0 unspecified atom stereocenters. The van der Waals surface area contributed by atoms with Crippen LogP contribution in [0.1, 0.15) is 23.0 Å². The molecule has 0 aliphatic carbocycles. The number of pyridine rings is 1. The molecule has 0 spiro atoms. The van der Waals surface area contributed by atoms with Gasteiger partial charge in [-0.05, 0) is 50.2 Å². The average molecular weight is 306 g/mol. The standard InChI is InChI=1S/C19H18N2O2/c1-3-23-19(22)14-8-10-15(11-9-14)21-18-12-13(2)20-17-7-5-4-6-16(17)18/h4-12H,3H2,1-2H3,(H,20,21). The molecule has 0 atom stereocenters. The van der Waals surface area contributed by atoms with Crippen molar-refractivity contribution in [1.29, 1.82) is 0 Å². The van der Waals surface area contributed by atoms with Crippen molar-refractivity contribution in [3.8, 4) is 0 Å². The van der Waals surface area contributed by atoms with Crippen LogP contribution in [0.2, 0.25) is 0 Å². The van der Waals surface area contributed by atoms with Gasteiger partial charge in [0.15, 0.2) is 0 Å². The number of para-hydroxylation sites is 1. The van der Waals surface area contributed by atoms with Crippen molar-refractivity contribution >= 4 is 28.2 Å². The quantitative estimate of drug-likeness (QED) is 0.723. The number of carbonyl (C=O) groups is 1. The number of anilines is 2. The Bertz CT molecular complexity index is 842. The lowest BCUT2D eigenvalue weighted by atomic mass is 10.1. The van der Waals surface area contributed by atoms with E-state index in [0.717, 1.165) is 28.0 Å². The Balaban J connectivity index is 1.89. The second kappa shape index (κ2) is 6.48. The van der Waals surface area contributed by atoms with Crippen LogP contribution in [-0.2, 0) is 4.74 Å². The van der Waals surface area contributed by atoms with Crippen LogP contribution in [0.4, 0.5) is 11.4 Å². The zero-order chi connectivity index (χ0) is 16.2. The van der Waals surface area contributed by atoms with Gasteiger partial charge in [0.2, 0.25) is 0 Å². The van der Waals surface area contributed by atoms with E-state index in [2.05, 4.69) is 10.3 Å². The average Bonchev–Trinajstić information content (AvgIpc) is 2.55. The van der Waals surface area contributed by atoms with Crippen LogP contribution >= 0.6 is 0 Å². The Kier molecular flexibility index (Phi) is 4.24. The molecule has 0 aliphatic rings. The first kappa shape index (κ1) is 15.0. The van der Waals surface area contributed by atoms with Gasteiger partial charge in [-0.3, -0.25) is 4.98 Å². The first-order valence-electron chi connectivity index (χ1n) is 7.58. The van der Waals surface area contributed by atoms with Crippen LogP contribution in [0, 0.1) is 6.92 Å². The fraction of sp³-hybridized carbons (Fsp3) is 0.158. The van der Waals surface area contributed by atoms with E-state index in [0.29, 0.717) is 12.2 Å². The number of nitrogens with one attached hydrogen (secondary N) is 1. The summed E-state index contributed by atoms with van der Waals surface area (Å²) in [7, 11) is 0. The zero-order valence-corrected chi connectivity index (χ0v) is 13.2. The molecule has 0 aliphatic heterocycles. The van der Waals surface area contributed by atoms with E-state index >= 15 is 0 Å². The second-order valence-electron chi connectivity index (χ2n) is 5.25. The van der Waals surface area contributed by atoms with Crippen molar-refractivity contribution in [3.63, 3.8) is 0 Å². The number of hydrogen-bond acceptors (Lipinski definition) is 4. The summed E-state index contributed by atoms with van der Waals surface area (Å²) < 4.78 is 4.99. The molecule has 3 rings (SSSR count). The maximum Gasteiger partial charge on any atom is 0.338 e. The number of aryl methyl sites for hydroxylation is 1. The summed E-state index contributed by atoms with van der Waals surface area (Å²) in [6.45, 7) is 4.15. The van der Waals surface area contributed by atoms with E-state index in [9.17, 15) is 4.79 Å². The third kappa shape index (κ3) is 3.31. The summed E-state index contributed by atoms with van der Waals surface area (Å²) in [4.78, 5) is 16.2. The lowest BCUT2D eigenvalue weighted by Crippen LogP contribution is -2.04. The van der Waals surface area contributed by atoms with E-state index in [1.54, 1.807) is 19.1 Å². The summed E-state index contributed by atoms with van der Waals surface area (Å²) in [5.41, 5.74) is 4.37. The van der Waals surface area contributed by atoms with Crippen LogP contribution in [0.5, 0.6) is 0 Å². The minimum atomic E-state index is -0.302. The molecule has 4 nitrogen and oxygen atoms in total. The first-order chi connectivity index (χ1) is 11.2. The molecular weight excluding hydrogens is 288 g/mol. The predicted molar refractivity (Wildman–Crippen MR) is 92.2 cm³/mol. The summed E-state index contributed by atoms with van der Waals surface area (Å²) in [6.07, 6.45) is 0. The van der Waals surface area contributed by atoms with E-state index < -0.39 is 0 Å². The van der Waals surface area contributed by atoms with Gasteiger partial charge in [0.1, 0.15) is 0 Å². The van der Waals surface area contributed by atoms with Gasteiger partial charge in [0.25, 0.3) is 0 Å². The highest BCUT2D eigenvalue weighted by Crippen LogP contribution is 2.26. The fourth-order valence-electron chi connectivity index (χ4n) is 2.47. The van der Waals surface area contributed by atoms with Crippen molar-refractivity contribution < 1.29 is 9.53 Å². The number of rotatable bonds is 4. The summed E-state index contributed by atoms with van der Waals surface area (Å²) in [6, 6.07) is 17.3. The molecule has 2 aromatic carbocycles. The molecule has 116 valence electrons. The summed E-state index contributed by atoms with van der Waals surface area (Å²) in [5.74, 6) is -0.302. The number of esters is 1. The smallest absolute Gasteiger partial charge is 0.338 e. The fourth-order valence-corrected chi connectivity index (χ4v) is 2.47. The molecule has 0 radical (unpaired) electrons. The van der Waals surface area contributed by atoms with Gasteiger partial charge in [0.05, 0.1) is 17.7 Å². The van der Waals surface area contributed by atoms with Crippen molar-refractivity contribution in [1.82, 2.24) is 4.98 Å². The number of carbonyl (C=O) groups excluding carboxylic acids is 1. The zero-order valence-electron chi connectivity index (χ0n) is 13.2. The molecule has 0 saturated heterocycles. The lowest BCUT2D eigenvalue weighted by molar-refractivity contribution is 0.0526. The number of ether oxygens (including phenoxy) is 1. The number of fused-ring (bicyclic) bond motifs is 1. The molecule has 3 aromatic rings. The van der Waals surface area contributed by atoms with Gasteiger partial charge >= 0.3 is 5.97 Å². The number of hydrogen-bond donors (Lipinski definition) is 1. The van der Waals surface area contributed by atoms with Crippen LogP contribution in [0.15, 0.2) is 54.6 Å². The molecule has 23 heavy (non-hydrogen) atoms. The Morgan fingerprint density at radius 2 is 1.87 bits per heavy atom. The van der Waals surface area contributed by atoms with Gasteiger partial charge in [-0.25, -0.2) is 4.79 Å². The number of benzene rings is 2. The second-order valence-corrected chi connectivity index (χ2v) is 5.25. The number of nitrogens with zero attached hydrogens (tertiary/aromatic N) is 1. The van der Waals surface area contributed by atoms with Crippen LogP contribution in [0.25, 0.3) is 10.9 Å². The Hall–Kier alpha value is -2.88.